The fraction of sp³-hybridized carbons (Fsp3) is 0.222. The smallest absolute Gasteiger partial charge is 0.295 e. The molecule has 0 aliphatic heterocycles. The lowest BCUT2D eigenvalue weighted by atomic mass is 10.1. The Bertz CT molecular complexity index is 927. The van der Waals surface area contributed by atoms with E-state index in [1.165, 1.54) is 12.4 Å². The van der Waals surface area contributed by atoms with Crippen LogP contribution in [-0.4, -0.2) is 20.6 Å². The molecule has 0 fully saturated rings. The second-order valence-corrected chi connectivity index (χ2v) is 5.90. The van der Waals surface area contributed by atoms with Crippen LogP contribution in [0.4, 0.5) is 5.69 Å². The van der Waals surface area contributed by atoms with Crippen molar-refractivity contribution in [3.05, 3.63) is 53.9 Å². The number of carbonyl (C=O) groups excluding carboxylic acids is 1. The Morgan fingerprint density at radius 1 is 1.21 bits per heavy atom. The van der Waals surface area contributed by atoms with Gasteiger partial charge in [-0.3, -0.25) is 9.78 Å². The van der Waals surface area contributed by atoms with Crippen molar-refractivity contribution in [1.82, 2.24) is 9.55 Å². The summed E-state index contributed by atoms with van der Waals surface area (Å²) in [4.78, 5) is 16.0. The van der Waals surface area contributed by atoms with E-state index in [9.17, 15) is 9.90 Å². The largest absolute Gasteiger partial charge is 0.493 e. The third-order valence-corrected chi connectivity index (χ3v) is 3.79. The van der Waals surface area contributed by atoms with Crippen LogP contribution in [0.1, 0.15) is 35.8 Å². The molecule has 0 aliphatic rings. The van der Waals surface area contributed by atoms with Gasteiger partial charge in [0.25, 0.3) is 5.91 Å². The minimum absolute atomic E-state index is 0.0110. The summed E-state index contributed by atoms with van der Waals surface area (Å²) >= 11 is 0. The average Bonchev–Trinajstić information content (AvgIpc) is 2.84. The molecule has 0 bridgehead atoms. The number of azo groups is 1. The van der Waals surface area contributed by atoms with E-state index >= 15 is 0 Å². The van der Waals surface area contributed by atoms with E-state index in [0.717, 1.165) is 16.5 Å². The third kappa shape index (κ3) is 2.78. The highest BCUT2D eigenvalue weighted by atomic mass is 16.3. The molecule has 0 unspecified atom stereocenters. The van der Waals surface area contributed by atoms with Gasteiger partial charge in [-0.05, 0) is 45.0 Å². The standard InChI is InChI=1S/C18H18N4O2/c1-11(2)22-15-5-4-12(3)10-14(15)16(18(22)24)20-21-17(23)13-6-8-19-9-7-13/h4-11,24H,1-3H3. The Morgan fingerprint density at radius 3 is 2.58 bits per heavy atom. The molecule has 1 amide bonds. The van der Waals surface area contributed by atoms with Gasteiger partial charge in [0, 0.05) is 29.4 Å². The summed E-state index contributed by atoms with van der Waals surface area (Å²) in [6, 6.07) is 9.04. The van der Waals surface area contributed by atoms with E-state index in [-0.39, 0.29) is 11.9 Å². The number of nitrogens with zero attached hydrogens (tertiary/aromatic N) is 4. The molecule has 6 nitrogen and oxygen atoms in total. The highest BCUT2D eigenvalue weighted by Crippen LogP contribution is 2.41. The fourth-order valence-electron chi connectivity index (χ4n) is 2.67. The molecule has 24 heavy (non-hydrogen) atoms. The first-order valence-electron chi connectivity index (χ1n) is 7.68. The van der Waals surface area contributed by atoms with E-state index in [1.807, 2.05) is 39.0 Å². The number of aryl methyl sites for hydroxylation is 1. The van der Waals surface area contributed by atoms with Crippen LogP contribution in [0.2, 0.25) is 0 Å². The molecule has 2 heterocycles. The van der Waals surface area contributed by atoms with Gasteiger partial charge in [-0.15, -0.1) is 10.2 Å². The lowest BCUT2D eigenvalue weighted by Gasteiger charge is -2.10. The Hall–Kier alpha value is -3.02. The number of benzene rings is 1. The average molecular weight is 322 g/mol. The van der Waals surface area contributed by atoms with Crippen molar-refractivity contribution in [3.8, 4) is 5.88 Å². The van der Waals surface area contributed by atoms with Crippen molar-refractivity contribution >= 4 is 22.5 Å². The second-order valence-electron chi connectivity index (χ2n) is 5.90. The monoisotopic (exact) mass is 322 g/mol. The molecule has 0 spiro atoms. The normalized spacial score (nSPS) is 11.7. The van der Waals surface area contributed by atoms with Gasteiger partial charge >= 0.3 is 0 Å². The van der Waals surface area contributed by atoms with Crippen LogP contribution in [0.3, 0.4) is 0 Å². The topological polar surface area (TPSA) is 79.8 Å². The minimum atomic E-state index is -0.477. The summed E-state index contributed by atoms with van der Waals surface area (Å²) < 4.78 is 1.78. The number of fused-ring (bicyclic) bond motifs is 1. The SMILES string of the molecule is Cc1ccc2c(c1)c(N=NC(=O)c1ccncc1)c(O)n2C(C)C. The van der Waals surface area contributed by atoms with Gasteiger partial charge in [-0.1, -0.05) is 11.6 Å². The Balaban J connectivity index is 2.09. The minimum Gasteiger partial charge on any atom is -0.493 e. The number of aromatic nitrogens is 2. The van der Waals surface area contributed by atoms with Gasteiger partial charge in [0.15, 0.2) is 5.69 Å². The molecule has 3 rings (SSSR count). The number of hydrogen-bond donors (Lipinski definition) is 1. The van der Waals surface area contributed by atoms with Crippen LogP contribution in [-0.2, 0) is 0 Å². The second kappa shape index (κ2) is 6.23. The van der Waals surface area contributed by atoms with Crippen molar-refractivity contribution in [3.63, 3.8) is 0 Å². The van der Waals surface area contributed by atoms with Crippen molar-refractivity contribution in [1.29, 1.82) is 0 Å². The molecule has 2 aromatic heterocycles. The molecule has 3 aromatic rings. The van der Waals surface area contributed by atoms with Gasteiger partial charge in [0.05, 0.1) is 5.52 Å². The Morgan fingerprint density at radius 2 is 1.92 bits per heavy atom. The number of rotatable bonds is 3. The first-order valence-corrected chi connectivity index (χ1v) is 7.68. The Kier molecular flexibility index (Phi) is 4.12. The summed E-state index contributed by atoms with van der Waals surface area (Å²) in [5, 5.41) is 19.1. The van der Waals surface area contributed by atoms with Gasteiger partial charge in [0.1, 0.15) is 0 Å². The quantitative estimate of drug-likeness (QED) is 0.718. The van der Waals surface area contributed by atoms with Crippen LogP contribution >= 0.6 is 0 Å². The number of pyridine rings is 1. The van der Waals surface area contributed by atoms with Crippen molar-refractivity contribution in [2.45, 2.75) is 26.8 Å². The van der Waals surface area contributed by atoms with E-state index in [0.29, 0.717) is 11.3 Å². The number of hydrogen-bond acceptors (Lipinski definition) is 4. The van der Waals surface area contributed by atoms with Crippen molar-refractivity contribution in [2.75, 3.05) is 0 Å². The van der Waals surface area contributed by atoms with Crippen molar-refractivity contribution in [2.24, 2.45) is 10.2 Å². The maximum Gasteiger partial charge on any atom is 0.295 e. The zero-order valence-electron chi connectivity index (χ0n) is 13.8. The molecule has 0 atom stereocenters. The zero-order valence-corrected chi connectivity index (χ0v) is 13.8. The molecule has 6 heteroatoms. The van der Waals surface area contributed by atoms with E-state index < -0.39 is 5.91 Å². The molecule has 1 aromatic carbocycles. The predicted octanol–water partition coefficient (Wildman–Crippen LogP) is 4.56. The van der Waals surface area contributed by atoms with Gasteiger partial charge in [0.2, 0.25) is 5.88 Å². The predicted molar refractivity (Wildman–Crippen MR) is 91.8 cm³/mol. The first kappa shape index (κ1) is 15.9. The summed E-state index contributed by atoms with van der Waals surface area (Å²) in [6.45, 7) is 5.91. The molecular weight excluding hydrogens is 304 g/mol. The summed E-state index contributed by atoms with van der Waals surface area (Å²) in [6.07, 6.45) is 3.04. The van der Waals surface area contributed by atoms with Gasteiger partial charge < -0.3 is 9.67 Å². The maximum atomic E-state index is 12.1. The summed E-state index contributed by atoms with van der Waals surface area (Å²) in [7, 11) is 0. The molecule has 0 aliphatic carbocycles. The summed E-state index contributed by atoms with van der Waals surface area (Å²) in [5.74, 6) is -0.466. The lowest BCUT2D eigenvalue weighted by Crippen LogP contribution is -1.99. The van der Waals surface area contributed by atoms with Crippen LogP contribution in [0.15, 0.2) is 53.0 Å². The van der Waals surface area contributed by atoms with E-state index in [4.69, 9.17) is 0 Å². The lowest BCUT2D eigenvalue weighted by molar-refractivity contribution is 0.0995. The van der Waals surface area contributed by atoms with Crippen LogP contribution in [0.25, 0.3) is 10.9 Å². The number of aromatic hydroxyl groups is 1. The molecular formula is C18H18N4O2. The molecule has 122 valence electrons. The van der Waals surface area contributed by atoms with Crippen LogP contribution in [0, 0.1) is 6.92 Å². The molecule has 0 saturated heterocycles. The van der Waals surface area contributed by atoms with Crippen molar-refractivity contribution < 1.29 is 9.90 Å². The van der Waals surface area contributed by atoms with E-state index in [2.05, 4.69) is 15.2 Å². The molecule has 1 N–H and O–H groups in total. The van der Waals surface area contributed by atoms with Gasteiger partial charge in [-0.2, -0.15) is 0 Å². The Labute approximate surface area is 139 Å². The van der Waals surface area contributed by atoms with E-state index in [1.54, 1.807) is 16.7 Å². The summed E-state index contributed by atoms with van der Waals surface area (Å²) in [5.41, 5.74) is 2.61. The molecule has 0 saturated carbocycles. The first-order chi connectivity index (χ1) is 11.5. The van der Waals surface area contributed by atoms with Crippen LogP contribution < -0.4 is 0 Å². The number of amides is 1. The third-order valence-electron chi connectivity index (χ3n) is 3.79. The van der Waals surface area contributed by atoms with Gasteiger partial charge in [-0.25, -0.2) is 0 Å². The highest BCUT2D eigenvalue weighted by molar-refractivity contribution is 5.97. The maximum absolute atomic E-state index is 12.1. The molecule has 0 radical (unpaired) electrons. The van der Waals surface area contributed by atoms with Crippen LogP contribution in [0.5, 0.6) is 5.88 Å². The zero-order chi connectivity index (χ0) is 17.3. The fourth-order valence-corrected chi connectivity index (χ4v) is 2.67. The highest BCUT2D eigenvalue weighted by Gasteiger charge is 2.19. The number of carbonyl (C=O) groups is 1.